The number of benzene rings is 2. The molecular weight excluding hydrogens is 560 g/mol. The van der Waals surface area contributed by atoms with Gasteiger partial charge in [0.05, 0.1) is 19.3 Å². The maximum absolute atomic E-state index is 10.2. The summed E-state index contributed by atoms with van der Waals surface area (Å²) in [4.78, 5) is 2.97. The zero-order valence-corrected chi connectivity index (χ0v) is 23.4. The van der Waals surface area contributed by atoms with Crippen molar-refractivity contribution in [2.45, 2.75) is 48.8 Å². The predicted molar refractivity (Wildman–Crippen MR) is 159 cm³/mol. The number of hydrogen-bond donors (Lipinski definition) is 12. The fourth-order valence-corrected chi connectivity index (χ4v) is 4.43. The SMILES string of the molecule is OCC(O)C(O)C(O)C(O)CNc1ccc(C(=C2C=CC(=[NH+]CC(O)C(O)C(O)C(O)CO)C=C2)c2ccccc2)cc1. The van der Waals surface area contributed by atoms with Gasteiger partial charge in [-0.25, -0.2) is 4.99 Å². The first kappa shape index (κ1) is 34.2. The summed E-state index contributed by atoms with van der Waals surface area (Å²) in [5.41, 5.74) is 4.91. The van der Waals surface area contributed by atoms with Gasteiger partial charge in [0.25, 0.3) is 0 Å². The van der Waals surface area contributed by atoms with Gasteiger partial charge in [0.2, 0.25) is 0 Å². The molecule has 1 aliphatic rings. The lowest BCUT2D eigenvalue weighted by Crippen LogP contribution is -2.76. The second-order valence-electron chi connectivity index (χ2n) is 10.3. The standard InChI is InChI=1S/C31H40N2O10/c34-16-25(38)30(42)28(40)23(36)14-32-21-10-6-19(7-11-21)27(18-4-2-1-3-5-18)20-8-12-22(13-9-20)33-15-24(37)29(41)31(43)26(39)17-35/h1-13,23-26,28-32,34-43H,14-17H2/p+1. The monoisotopic (exact) mass is 601 g/mol. The van der Waals surface area contributed by atoms with Gasteiger partial charge in [-0.3, -0.25) is 0 Å². The molecule has 43 heavy (non-hydrogen) atoms. The van der Waals surface area contributed by atoms with Crippen LogP contribution in [-0.4, -0.2) is 132 Å². The summed E-state index contributed by atoms with van der Waals surface area (Å²) < 4.78 is 0. The summed E-state index contributed by atoms with van der Waals surface area (Å²) in [7, 11) is 0. The first-order chi connectivity index (χ1) is 20.6. The fraction of sp³-hybridized carbons (Fsp3) is 0.387. The van der Waals surface area contributed by atoms with E-state index in [1.165, 1.54) is 0 Å². The summed E-state index contributed by atoms with van der Waals surface area (Å²) in [6.45, 7) is -1.75. The minimum absolute atomic E-state index is 0.119. The number of hydrogen-bond acceptors (Lipinski definition) is 11. The van der Waals surface area contributed by atoms with Crippen LogP contribution in [0.2, 0.25) is 0 Å². The number of nitrogens with one attached hydrogen (secondary N) is 2. The van der Waals surface area contributed by atoms with Crippen LogP contribution in [0, 0.1) is 0 Å². The Morgan fingerprint density at radius 2 is 1.07 bits per heavy atom. The molecule has 0 saturated carbocycles. The molecule has 0 aliphatic heterocycles. The molecule has 0 heterocycles. The van der Waals surface area contributed by atoms with E-state index >= 15 is 0 Å². The highest BCUT2D eigenvalue weighted by atomic mass is 16.4. The summed E-state index contributed by atoms with van der Waals surface area (Å²) in [6, 6.07) is 17.1. The van der Waals surface area contributed by atoms with E-state index in [2.05, 4.69) is 10.3 Å². The molecule has 8 atom stereocenters. The van der Waals surface area contributed by atoms with Gasteiger partial charge in [0, 0.05) is 24.4 Å². The van der Waals surface area contributed by atoms with Gasteiger partial charge in [-0.15, -0.1) is 0 Å². The highest BCUT2D eigenvalue weighted by molar-refractivity contribution is 6.03. The summed E-state index contributed by atoms with van der Waals surface area (Å²) >= 11 is 0. The number of allylic oxidation sites excluding steroid dienone is 5. The number of aliphatic hydroxyl groups is 10. The van der Waals surface area contributed by atoms with Crippen LogP contribution in [0.25, 0.3) is 5.57 Å². The second-order valence-corrected chi connectivity index (χ2v) is 10.3. The van der Waals surface area contributed by atoms with E-state index in [4.69, 9.17) is 10.2 Å². The average Bonchev–Trinajstić information content (AvgIpc) is 3.05. The molecule has 12 N–H and O–H groups in total. The van der Waals surface area contributed by atoms with Crippen molar-refractivity contribution in [3.63, 3.8) is 0 Å². The Hall–Kier alpha value is -3.27. The van der Waals surface area contributed by atoms with Gasteiger partial charge in [-0.2, -0.15) is 0 Å². The predicted octanol–water partition coefficient (Wildman–Crippen LogP) is -3.58. The lowest BCUT2D eigenvalue weighted by Gasteiger charge is -2.26. The van der Waals surface area contributed by atoms with Crippen molar-refractivity contribution >= 4 is 17.0 Å². The Bertz CT molecular complexity index is 1250. The number of aliphatic hydroxyl groups excluding tert-OH is 10. The molecule has 0 fully saturated rings. The number of rotatable bonds is 15. The fourth-order valence-electron chi connectivity index (χ4n) is 4.43. The Kier molecular flexibility index (Phi) is 13.2. The molecule has 0 radical (unpaired) electrons. The summed E-state index contributed by atoms with van der Waals surface area (Å²) in [6.07, 6.45) is -5.35. The van der Waals surface area contributed by atoms with E-state index in [1.54, 1.807) is 24.3 Å². The highest BCUT2D eigenvalue weighted by Crippen LogP contribution is 2.30. The van der Waals surface area contributed by atoms with Crippen molar-refractivity contribution in [1.82, 2.24) is 0 Å². The topological polar surface area (TPSA) is 228 Å². The van der Waals surface area contributed by atoms with Crippen LogP contribution in [-0.2, 0) is 0 Å². The van der Waals surface area contributed by atoms with Crippen molar-refractivity contribution in [3.05, 3.63) is 95.6 Å². The van der Waals surface area contributed by atoms with Crippen molar-refractivity contribution in [3.8, 4) is 0 Å². The van der Waals surface area contributed by atoms with Gasteiger partial charge < -0.3 is 56.4 Å². The Balaban J connectivity index is 1.74. The normalized spacial score (nSPS) is 18.7. The third-order valence-corrected chi connectivity index (χ3v) is 7.09. The van der Waals surface area contributed by atoms with Crippen LogP contribution in [0.15, 0.2) is 84.5 Å². The summed E-state index contributed by atoms with van der Waals surface area (Å²) in [5.74, 6) is 0. The second kappa shape index (κ2) is 16.5. The zero-order valence-electron chi connectivity index (χ0n) is 23.4. The maximum Gasteiger partial charge on any atom is 0.198 e. The summed E-state index contributed by atoms with van der Waals surface area (Å²) in [5, 5.41) is 99.8. The van der Waals surface area contributed by atoms with Crippen molar-refractivity contribution in [2.75, 3.05) is 31.6 Å². The maximum atomic E-state index is 10.2. The van der Waals surface area contributed by atoms with Crippen LogP contribution < -0.4 is 10.3 Å². The smallest absolute Gasteiger partial charge is 0.198 e. The van der Waals surface area contributed by atoms with Crippen LogP contribution in [0.1, 0.15) is 11.1 Å². The van der Waals surface area contributed by atoms with E-state index < -0.39 is 62.0 Å². The third-order valence-electron chi connectivity index (χ3n) is 7.09. The molecular formula is C31H41N2O10+. The van der Waals surface area contributed by atoms with Gasteiger partial charge in [-0.05, 0) is 46.6 Å². The highest BCUT2D eigenvalue weighted by Gasteiger charge is 2.31. The quantitative estimate of drug-likeness (QED) is 0.0955. The minimum Gasteiger partial charge on any atom is -0.394 e. The molecule has 8 unspecified atom stereocenters. The molecule has 0 saturated heterocycles. The molecule has 2 aromatic rings. The van der Waals surface area contributed by atoms with Crippen molar-refractivity contribution < 1.29 is 56.1 Å². The average molecular weight is 602 g/mol. The van der Waals surface area contributed by atoms with E-state index in [0.29, 0.717) is 11.4 Å². The van der Waals surface area contributed by atoms with Gasteiger partial charge in [0.1, 0.15) is 42.7 Å². The van der Waals surface area contributed by atoms with Gasteiger partial charge >= 0.3 is 0 Å². The molecule has 1 aliphatic carbocycles. The molecule has 2 aromatic carbocycles. The Labute approximate surface area is 249 Å². The number of anilines is 1. The molecule has 3 rings (SSSR count). The van der Waals surface area contributed by atoms with Gasteiger partial charge in [0.15, 0.2) is 12.3 Å². The molecule has 12 nitrogen and oxygen atoms in total. The minimum atomic E-state index is -1.70. The van der Waals surface area contributed by atoms with Crippen LogP contribution in [0.4, 0.5) is 5.69 Å². The largest absolute Gasteiger partial charge is 0.394 e. The molecule has 12 heteroatoms. The van der Waals surface area contributed by atoms with Gasteiger partial charge in [-0.1, -0.05) is 42.5 Å². The van der Waals surface area contributed by atoms with E-state index in [-0.39, 0.29) is 13.1 Å². The molecule has 234 valence electrons. The molecule has 0 aromatic heterocycles. The van der Waals surface area contributed by atoms with Crippen molar-refractivity contribution in [2.24, 2.45) is 0 Å². The van der Waals surface area contributed by atoms with Crippen molar-refractivity contribution in [1.29, 1.82) is 0 Å². The lowest BCUT2D eigenvalue weighted by atomic mass is 9.91. The van der Waals surface area contributed by atoms with E-state index in [0.717, 1.165) is 22.3 Å². The molecule has 0 amide bonds. The van der Waals surface area contributed by atoms with E-state index in [9.17, 15) is 40.9 Å². The molecule has 0 spiro atoms. The Morgan fingerprint density at radius 3 is 1.60 bits per heavy atom. The van der Waals surface area contributed by atoms with E-state index in [1.807, 2.05) is 54.6 Å². The zero-order chi connectivity index (χ0) is 31.5. The first-order valence-corrected chi connectivity index (χ1v) is 13.8. The van der Waals surface area contributed by atoms with Crippen LogP contribution in [0.3, 0.4) is 0 Å². The molecule has 0 bridgehead atoms. The Morgan fingerprint density at radius 1 is 0.581 bits per heavy atom. The van der Waals surface area contributed by atoms with Crippen LogP contribution in [0.5, 0.6) is 0 Å². The third kappa shape index (κ3) is 9.36. The first-order valence-electron chi connectivity index (χ1n) is 13.8. The lowest BCUT2D eigenvalue weighted by molar-refractivity contribution is -0.471. The van der Waals surface area contributed by atoms with Crippen LogP contribution >= 0.6 is 0 Å².